The lowest BCUT2D eigenvalue weighted by atomic mass is 10.0. The Morgan fingerprint density at radius 2 is 2.21 bits per heavy atom. The highest BCUT2D eigenvalue weighted by Crippen LogP contribution is 2.24. The molecule has 0 bridgehead atoms. The largest absolute Gasteiger partial charge is 0.484 e. The van der Waals surface area contributed by atoms with Crippen molar-refractivity contribution in [3.8, 4) is 5.75 Å². The van der Waals surface area contributed by atoms with E-state index in [1.165, 1.54) is 19.4 Å². The molecule has 2 aliphatic heterocycles. The maximum absolute atomic E-state index is 11.9. The number of ether oxygens (including phenoxy) is 2. The third-order valence-electron chi connectivity index (χ3n) is 3.22. The molecule has 96 valence electrons. The highest BCUT2D eigenvalue weighted by Gasteiger charge is 2.31. The maximum Gasteiger partial charge on any atom is 0.338 e. The van der Waals surface area contributed by atoms with Crippen LogP contribution in [0.25, 0.3) is 5.57 Å². The fourth-order valence-corrected chi connectivity index (χ4v) is 2.36. The summed E-state index contributed by atoms with van der Waals surface area (Å²) in [6, 6.07) is 3.44. The number of hydrogen-bond acceptors (Lipinski definition) is 5. The summed E-state index contributed by atoms with van der Waals surface area (Å²) in [5.41, 5.74) is 0.841. The van der Waals surface area contributed by atoms with Crippen LogP contribution in [0.5, 0.6) is 5.75 Å². The lowest BCUT2D eigenvalue weighted by molar-refractivity contribution is -0.134. The number of carbonyl (C=O) groups excluding carboxylic acids is 2. The van der Waals surface area contributed by atoms with Crippen molar-refractivity contribution in [1.82, 2.24) is 0 Å². The molecule has 5 nitrogen and oxygen atoms in total. The van der Waals surface area contributed by atoms with Crippen LogP contribution >= 0.6 is 0 Å². The molecular formula is C14H11NO4. The number of fused-ring (bicyclic) bond motifs is 3. The van der Waals surface area contributed by atoms with Crippen LogP contribution in [0.3, 0.4) is 0 Å². The maximum atomic E-state index is 11.9. The number of nitrogens with zero attached hydrogens (tertiary/aromatic N) is 1. The molecule has 0 N–H and O–H groups in total. The molecular weight excluding hydrogens is 246 g/mol. The summed E-state index contributed by atoms with van der Waals surface area (Å²) in [5.74, 6) is -0.189. The predicted molar refractivity (Wildman–Crippen MR) is 66.2 cm³/mol. The monoisotopic (exact) mass is 257 g/mol. The SMILES string of the molecule is COC(=O)C1=c2ccc3c(c2OC1C)C(=O)C=CN=3. The zero-order valence-corrected chi connectivity index (χ0v) is 10.5. The number of methoxy groups -OCH3 is 1. The van der Waals surface area contributed by atoms with E-state index in [0.29, 0.717) is 27.5 Å². The van der Waals surface area contributed by atoms with Gasteiger partial charge in [0.15, 0.2) is 5.78 Å². The molecule has 0 saturated heterocycles. The molecule has 19 heavy (non-hydrogen) atoms. The fraction of sp³-hybridized carbons (Fsp3) is 0.214. The summed E-state index contributed by atoms with van der Waals surface area (Å²) in [7, 11) is 1.32. The van der Waals surface area contributed by atoms with Crippen LogP contribution in [0, 0.1) is 0 Å². The summed E-state index contributed by atoms with van der Waals surface area (Å²) in [4.78, 5) is 27.9. The highest BCUT2D eigenvalue weighted by atomic mass is 16.5. The van der Waals surface area contributed by atoms with Crippen molar-refractivity contribution in [2.75, 3.05) is 7.11 Å². The van der Waals surface area contributed by atoms with Crippen molar-refractivity contribution in [3.63, 3.8) is 0 Å². The number of rotatable bonds is 1. The number of hydrogen-bond donors (Lipinski definition) is 0. The Kier molecular flexibility index (Phi) is 2.48. The third kappa shape index (κ3) is 1.58. The van der Waals surface area contributed by atoms with Gasteiger partial charge in [-0.15, -0.1) is 0 Å². The van der Waals surface area contributed by atoms with Crippen LogP contribution in [-0.4, -0.2) is 25.0 Å². The molecule has 5 heteroatoms. The van der Waals surface area contributed by atoms with Crippen LogP contribution < -0.4 is 15.3 Å². The minimum Gasteiger partial charge on any atom is -0.484 e. The van der Waals surface area contributed by atoms with E-state index in [2.05, 4.69) is 4.99 Å². The first kappa shape index (κ1) is 11.6. The van der Waals surface area contributed by atoms with Crippen molar-refractivity contribution >= 4 is 17.3 Å². The van der Waals surface area contributed by atoms with Crippen molar-refractivity contribution in [3.05, 3.63) is 40.5 Å². The van der Waals surface area contributed by atoms with E-state index in [1.54, 1.807) is 19.1 Å². The predicted octanol–water partition coefficient (Wildman–Crippen LogP) is 0.121. The normalized spacial score (nSPS) is 19.4. The Labute approximate surface area is 108 Å². The molecule has 0 saturated carbocycles. The Morgan fingerprint density at radius 3 is 2.95 bits per heavy atom. The molecule has 2 heterocycles. The summed E-state index contributed by atoms with van der Waals surface area (Å²) in [6.07, 6.45) is 2.40. The molecule has 1 aromatic rings. The van der Waals surface area contributed by atoms with Crippen LogP contribution in [0.15, 0.2) is 29.4 Å². The van der Waals surface area contributed by atoms with Crippen LogP contribution in [-0.2, 0) is 9.53 Å². The minimum absolute atomic E-state index is 0.167. The van der Waals surface area contributed by atoms with Gasteiger partial charge in [0, 0.05) is 17.5 Å². The quantitative estimate of drug-likeness (QED) is 0.670. The summed E-state index contributed by atoms with van der Waals surface area (Å²) in [5, 5.41) is 1.17. The van der Waals surface area contributed by atoms with Gasteiger partial charge in [-0.1, -0.05) is 0 Å². The molecule has 2 aliphatic rings. The molecule has 1 atom stereocenters. The van der Waals surface area contributed by atoms with Gasteiger partial charge in [-0.05, 0) is 19.1 Å². The lowest BCUT2D eigenvalue weighted by Crippen LogP contribution is -2.22. The zero-order valence-electron chi connectivity index (χ0n) is 10.5. The van der Waals surface area contributed by atoms with Crippen LogP contribution in [0.4, 0.5) is 0 Å². The van der Waals surface area contributed by atoms with Crippen molar-refractivity contribution < 1.29 is 19.1 Å². The van der Waals surface area contributed by atoms with E-state index in [0.717, 1.165) is 0 Å². The topological polar surface area (TPSA) is 65.0 Å². The smallest absolute Gasteiger partial charge is 0.338 e. The van der Waals surface area contributed by atoms with Crippen molar-refractivity contribution in [2.24, 2.45) is 4.99 Å². The van der Waals surface area contributed by atoms with E-state index in [4.69, 9.17) is 9.47 Å². The molecule has 0 aliphatic carbocycles. The van der Waals surface area contributed by atoms with Gasteiger partial charge >= 0.3 is 5.97 Å². The van der Waals surface area contributed by atoms with Gasteiger partial charge in [0.1, 0.15) is 11.9 Å². The van der Waals surface area contributed by atoms with Crippen molar-refractivity contribution in [2.45, 2.75) is 13.0 Å². The van der Waals surface area contributed by atoms with Crippen LogP contribution in [0.1, 0.15) is 17.3 Å². The average molecular weight is 257 g/mol. The first-order chi connectivity index (χ1) is 9.13. The molecule has 1 unspecified atom stereocenters. The second kappa shape index (κ2) is 4.05. The Balaban J connectivity index is 2.36. The molecule has 0 amide bonds. The van der Waals surface area contributed by atoms with E-state index in [1.807, 2.05) is 0 Å². The summed E-state index contributed by atoms with van der Waals surface area (Å²) >= 11 is 0. The second-order valence-corrected chi connectivity index (χ2v) is 4.31. The third-order valence-corrected chi connectivity index (χ3v) is 3.22. The molecule has 0 radical (unpaired) electrons. The fourth-order valence-electron chi connectivity index (χ4n) is 2.36. The number of benzene rings is 1. The van der Waals surface area contributed by atoms with Crippen LogP contribution in [0.2, 0.25) is 0 Å². The van der Waals surface area contributed by atoms with Gasteiger partial charge in [0.05, 0.1) is 23.6 Å². The summed E-state index contributed by atoms with van der Waals surface area (Å²) in [6.45, 7) is 1.75. The van der Waals surface area contributed by atoms with E-state index in [-0.39, 0.29) is 5.78 Å². The number of esters is 1. The molecule has 1 aromatic carbocycles. The first-order valence-electron chi connectivity index (χ1n) is 5.84. The van der Waals surface area contributed by atoms with E-state index >= 15 is 0 Å². The first-order valence-corrected chi connectivity index (χ1v) is 5.84. The Bertz CT molecular complexity index is 745. The molecule has 3 rings (SSSR count). The Morgan fingerprint density at radius 1 is 1.42 bits per heavy atom. The van der Waals surface area contributed by atoms with Gasteiger partial charge in [0.2, 0.25) is 0 Å². The Hall–Kier alpha value is -2.43. The van der Waals surface area contributed by atoms with E-state index < -0.39 is 12.1 Å². The second-order valence-electron chi connectivity index (χ2n) is 4.31. The van der Waals surface area contributed by atoms with E-state index in [9.17, 15) is 9.59 Å². The minimum atomic E-state index is -0.443. The van der Waals surface area contributed by atoms with Gasteiger partial charge < -0.3 is 9.47 Å². The van der Waals surface area contributed by atoms with Gasteiger partial charge in [-0.2, -0.15) is 0 Å². The van der Waals surface area contributed by atoms with Gasteiger partial charge in [-0.25, -0.2) is 4.79 Å². The number of carbonyl (C=O) groups is 2. The zero-order chi connectivity index (χ0) is 13.6. The molecule has 0 spiro atoms. The molecule has 0 aromatic heterocycles. The average Bonchev–Trinajstić information content (AvgIpc) is 2.74. The number of ketones is 1. The van der Waals surface area contributed by atoms with Crippen molar-refractivity contribution in [1.29, 1.82) is 0 Å². The van der Waals surface area contributed by atoms with Gasteiger partial charge in [-0.3, -0.25) is 9.79 Å². The summed E-state index contributed by atoms with van der Waals surface area (Å²) < 4.78 is 10.4. The molecule has 0 fully saturated rings. The number of allylic oxidation sites excluding steroid dienone is 1. The van der Waals surface area contributed by atoms with Gasteiger partial charge in [0.25, 0.3) is 0 Å². The lowest BCUT2D eigenvalue weighted by Gasteiger charge is -2.10. The standard InChI is InChI=1S/C14H11NO4/c1-7-11(14(17)18-2)8-3-4-9-12(13(8)19-7)10(16)5-6-15-9/h3-7H,1-2H3. The highest BCUT2D eigenvalue weighted by molar-refractivity contribution is 6.14.